The van der Waals surface area contributed by atoms with Crippen molar-refractivity contribution in [1.82, 2.24) is 10.3 Å². The second kappa shape index (κ2) is 16.5. The number of nitrogens with one attached hydrogen (secondary N) is 2. The molecule has 35 heavy (non-hydrogen) atoms. The molecule has 3 rings (SSSR count). The fourth-order valence-corrected chi connectivity index (χ4v) is 3.79. The maximum Gasteiger partial charge on any atom is 0.162 e. The molecule has 0 saturated carbocycles. The summed E-state index contributed by atoms with van der Waals surface area (Å²) < 4.78 is 16.3. The Hall–Kier alpha value is -2.16. The predicted octanol–water partition coefficient (Wildman–Crippen LogP) is 5.32. The largest absolute Gasteiger partial charge is 0.497 e. The number of hydrogen-bond donors (Lipinski definition) is 3. The zero-order valence-electron chi connectivity index (χ0n) is 20.6. The number of anilines is 1. The zero-order chi connectivity index (χ0) is 22.9. The quantitative estimate of drug-likeness (QED) is 0.283. The van der Waals surface area contributed by atoms with Gasteiger partial charge in [0.25, 0.3) is 0 Å². The second-order valence-corrected chi connectivity index (χ2v) is 7.64. The Balaban J connectivity index is 0.00000385. The van der Waals surface area contributed by atoms with Crippen molar-refractivity contribution in [2.45, 2.75) is 25.3 Å². The van der Waals surface area contributed by atoms with Crippen LogP contribution in [0, 0.1) is 0 Å². The summed E-state index contributed by atoms with van der Waals surface area (Å²) >= 11 is 0. The number of pyridine rings is 1. The van der Waals surface area contributed by atoms with Crippen LogP contribution in [-0.4, -0.2) is 52.5 Å². The van der Waals surface area contributed by atoms with E-state index in [0.717, 1.165) is 59.4 Å². The molecular weight excluding hydrogens is 511 g/mol. The van der Waals surface area contributed by atoms with Crippen LogP contribution in [0.2, 0.25) is 0 Å². The van der Waals surface area contributed by atoms with Crippen molar-refractivity contribution >= 4 is 53.8 Å². The average molecular weight is 548 g/mol. The van der Waals surface area contributed by atoms with E-state index < -0.39 is 0 Å². The molecule has 0 aliphatic carbocycles. The molecule has 0 radical (unpaired) electrons. The van der Waals surface area contributed by atoms with Crippen LogP contribution < -0.4 is 30.6 Å². The van der Waals surface area contributed by atoms with Crippen LogP contribution in [-0.2, 0) is 0 Å². The van der Waals surface area contributed by atoms with Crippen LogP contribution in [0.4, 0.5) is 5.69 Å². The Morgan fingerprint density at radius 3 is 2.11 bits per heavy atom. The smallest absolute Gasteiger partial charge is 0.162 e. The molecular formula is C25H37Cl3N4O3. The molecule has 0 bridgehead atoms. The summed E-state index contributed by atoms with van der Waals surface area (Å²) in [6.07, 6.45) is 3.07. The number of fused-ring (bicyclic) bond motifs is 1. The molecule has 196 valence electrons. The van der Waals surface area contributed by atoms with Crippen LogP contribution >= 0.6 is 37.2 Å². The first-order chi connectivity index (χ1) is 15.6. The molecule has 0 saturated heterocycles. The Bertz CT molecular complexity index is 1020. The van der Waals surface area contributed by atoms with Gasteiger partial charge in [0.05, 0.1) is 32.5 Å². The number of aromatic nitrogens is 1. The molecule has 0 aliphatic rings. The minimum absolute atomic E-state index is 0. The van der Waals surface area contributed by atoms with E-state index in [1.54, 1.807) is 21.3 Å². The van der Waals surface area contributed by atoms with E-state index in [4.69, 9.17) is 24.9 Å². The lowest BCUT2D eigenvalue weighted by Crippen LogP contribution is -2.28. The number of benzene rings is 2. The van der Waals surface area contributed by atoms with Gasteiger partial charge in [-0.1, -0.05) is 0 Å². The number of ether oxygens (including phenoxy) is 3. The summed E-state index contributed by atoms with van der Waals surface area (Å²) in [5, 5.41) is 7.99. The van der Waals surface area contributed by atoms with Gasteiger partial charge in [0.1, 0.15) is 5.75 Å². The molecule has 2 aromatic carbocycles. The van der Waals surface area contributed by atoms with Crippen LogP contribution in [0.3, 0.4) is 0 Å². The van der Waals surface area contributed by atoms with E-state index >= 15 is 0 Å². The number of hydrogen-bond acceptors (Lipinski definition) is 7. The highest BCUT2D eigenvalue weighted by Gasteiger charge is 2.14. The predicted molar refractivity (Wildman–Crippen MR) is 153 cm³/mol. The fraction of sp³-hybridized carbons (Fsp3) is 0.400. The maximum atomic E-state index is 5.67. The highest BCUT2D eigenvalue weighted by molar-refractivity contribution is 5.96. The molecule has 1 atom stereocenters. The van der Waals surface area contributed by atoms with Crippen LogP contribution in [0.25, 0.3) is 22.2 Å². The van der Waals surface area contributed by atoms with Crippen LogP contribution in [0.5, 0.6) is 17.2 Å². The SMILES string of the molecule is CNC(CCCN)CCNc1cc(-c2ccc(OC)cc2)nc2cc(OC)c(OC)cc12.Cl.Cl.Cl. The first kappa shape index (κ1) is 32.8. The van der Waals surface area contributed by atoms with Crippen molar-refractivity contribution in [1.29, 1.82) is 0 Å². The minimum Gasteiger partial charge on any atom is -0.497 e. The summed E-state index contributed by atoms with van der Waals surface area (Å²) in [6.45, 7) is 1.54. The number of nitrogens with two attached hydrogens (primary N) is 1. The highest BCUT2D eigenvalue weighted by atomic mass is 35.5. The van der Waals surface area contributed by atoms with E-state index in [2.05, 4.69) is 16.7 Å². The van der Waals surface area contributed by atoms with E-state index in [1.807, 2.05) is 43.4 Å². The van der Waals surface area contributed by atoms with E-state index in [9.17, 15) is 0 Å². The van der Waals surface area contributed by atoms with Gasteiger partial charge in [-0.25, -0.2) is 4.98 Å². The lowest BCUT2D eigenvalue weighted by atomic mass is 10.1. The Morgan fingerprint density at radius 2 is 1.54 bits per heavy atom. The molecule has 3 aromatic rings. The summed E-state index contributed by atoms with van der Waals surface area (Å²) in [7, 11) is 6.94. The normalized spacial score (nSPS) is 10.9. The van der Waals surface area contributed by atoms with Gasteiger partial charge in [-0.3, -0.25) is 0 Å². The Kier molecular flexibility index (Phi) is 15.5. The summed E-state index contributed by atoms with van der Waals surface area (Å²) in [5.41, 5.74) is 9.42. The van der Waals surface area contributed by atoms with Gasteiger partial charge >= 0.3 is 0 Å². The van der Waals surface area contributed by atoms with E-state index in [0.29, 0.717) is 24.1 Å². The molecule has 1 aromatic heterocycles. The number of halogens is 3. The van der Waals surface area contributed by atoms with Gasteiger partial charge in [0, 0.05) is 35.3 Å². The number of rotatable bonds is 12. The van der Waals surface area contributed by atoms with Gasteiger partial charge in [-0.05, 0) is 69.3 Å². The van der Waals surface area contributed by atoms with Gasteiger partial charge in [0.2, 0.25) is 0 Å². The molecule has 0 spiro atoms. The third-order valence-electron chi connectivity index (χ3n) is 5.67. The summed E-state index contributed by atoms with van der Waals surface area (Å²) in [4.78, 5) is 4.90. The Labute approximate surface area is 226 Å². The van der Waals surface area contributed by atoms with Crippen molar-refractivity contribution in [2.75, 3.05) is 46.8 Å². The first-order valence-corrected chi connectivity index (χ1v) is 11.0. The zero-order valence-corrected chi connectivity index (χ0v) is 23.1. The lowest BCUT2D eigenvalue weighted by molar-refractivity contribution is 0.356. The van der Waals surface area contributed by atoms with Crippen LogP contribution in [0.15, 0.2) is 42.5 Å². The van der Waals surface area contributed by atoms with E-state index in [-0.39, 0.29) is 37.2 Å². The molecule has 4 N–H and O–H groups in total. The van der Waals surface area contributed by atoms with Crippen molar-refractivity contribution in [2.24, 2.45) is 5.73 Å². The van der Waals surface area contributed by atoms with Gasteiger partial charge in [0.15, 0.2) is 11.5 Å². The molecule has 1 unspecified atom stereocenters. The maximum absolute atomic E-state index is 5.67. The van der Waals surface area contributed by atoms with E-state index in [1.165, 1.54) is 0 Å². The molecule has 0 fully saturated rings. The monoisotopic (exact) mass is 546 g/mol. The summed E-state index contributed by atoms with van der Waals surface area (Å²) in [5.74, 6) is 2.15. The molecule has 10 heteroatoms. The van der Waals surface area contributed by atoms with Crippen molar-refractivity contribution in [3.63, 3.8) is 0 Å². The molecule has 7 nitrogen and oxygen atoms in total. The lowest BCUT2D eigenvalue weighted by Gasteiger charge is -2.18. The van der Waals surface area contributed by atoms with Crippen molar-refractivity contribution in [3.8, 4) is 28.5 Å². The summed E-state index contributed by atoms with van der Waals surface area (Å²) in [6, 6.07) is 14.3. The third-order valence-corrected chi connectivity index (χ3v) is 5.67. The van der Waals surface area contributed by atoms with Gasteiger partial charge < -0.3 is 30.6 Å². The number of methoxy groups -OCH3 is 3. The third kappa shape index (κ3) is 8.47. The number of nitrogens with zero attached hydrogens (tertiary/aromatic N) is 1. The fourth-order valence-electron chi connectivity index (χ4n) is 3.79. The average Bonchev–Trinajstić information content (AvgIpc) is 2.84. The first-order valence-electron chi connectivity index (χ1n) is 11.0. The standard InChI is InChI=1S/C25H34N4O3.3ClH/c1-27-18(6-5-12-26)11-13-28-22-15-21(17-7-9-19(30-2)10-8-17)29-23-16-25(32-4)24(31-3)14-20(22)23;;;/h7-10,14-16,18,27H,5-6,11-13,26H2,1-4H3,(H,28,29);3*1H. The van der Waals surface area contributed by atoms with Gasteiger partial charge in [-0.2, -0.15) is 0 Å². The topological polar surface area (TPSA) is 90.7 Å². The molecule has 0 aliphatic heterocycles. The van der Waals surface area contributed by atoms with Crippen LogP contribution in [0.1, 0.15) is 19.3 Å². The van der Waals surface area contributed by atoms with Crippen molar-refractivity contribution < 1.29 is 14.2 Å². The van der Waals surface area contributed by atoms with Crippen molar-refractivity contribution in [3.05, 3.63) is 42.5 Å². The second-order valence-electron chi connectivity index (χ2n) is 7.64. The van der Waals surface area contributed by atoms with Gasteiger partial charge in [-0.15, -0.1) is 37.2 Å². The molecule has 1 heterocycles. The highest BCUT2D eigenvalue weighted by Crippen LogP contribution is 2.37. The Morgan fingerprint density at radius 1 is 0.886 bits per heavy atom. The molecule has 0 amide bonds. The minimum atomic E-state index is 0.